The zero-order valence-electron chi connectivity index (χ0n) is 15.1. The van der Waals surface area contributed by atoms with Crippen molar-refractivity contribution in [2.75, 3.05) is 26.7 Å². The summed E-state index contributed by atoms with van der Waals surface area (Å²) in [5, 5.41) is 4.90. The van der Waals surface area contributed by atoms with Crippen molar-refractivity contribution in [3.8, 4) is 0 Å². The van der Waals surface area contributed by atoms with Crippen molar-refractivity contribution in [2.45, 2.75) is 44.9 Å². The zero-order chi connectivity index (χ0) is 17.4. The summed E-state index contributed by atoms with van der Waals surface area (Å²) in [4.78, 5) is 4.93. The van der Waals surface area contributed by atoms with Crippen LogP contribution < -0.4 is 0 Å². The molecule has 2 heterocycles. The molecule has 0 bridgehead atoms. The van der Waals surface area contributed by atoms with E-state index in [1.165, 1.54) is 24.2 Å². The molecule has 0 amide bonds. The molecule has 0 spiro atoms. The van der Waals surface area contributed by atoms with Crippen LogP contribution in [0, 0.1) is 4.77 Å². The first kappa shape index (κ1) is 16.9. The molecule has 6 heteroatoms. The molecule has 1 saturated carbocycles. The standard InChI is InChI=1S/C19H27N5S/c1-3-23-18(16-9-10-16)20-24(19(23)25)14-22-12-11-21(2)13-17(22)15-7-5-4-6-8-15/h4-8,16-17H,3,9-14H2,1-2H3. The van der Waals surface area contributed by atoms with Gasteiger partial charge in [-0.3, -0.25) is 4.90 Å². The quantitative estimate of drug-likeness (QED) is 0.768. The molecule has 1 aromatic carbocycles. The molecule has 0 N–H and O–H groups in total. The van der Waals surface area contributed by atoms with Crippen LogP contribution in [0.25, 0.3) is 0 Å². The summed E-state index contributed by atoms with van der Waals surface area (Å²) in [6, 6.07) is 11.2. The Kier molecular flexibility index (Phi) is 4.75. The third-order valence-corrected chi connectivity index (χ3v) is 5.84. The lowest BCUT2D eigenvalue weighted by molar-refractivity contribution is 0.0581. The highest BCUT2D eigenvalue weighted by Gasteiger charge is 2.31. The molecule has 1 atom stereocenters. The van der Waals surface area contributed by atoms with Crippen molar-refractivity contribution in [3.05, 3.63) is 46.5 Å². The number of likely N-dealkylation sites (N-methyl/N-ethyl adjacent to an activating group) is 1. The number of rotatable bonds is 5. The first-order valence-corrected chi connectivity index (χ1v) is 9.73. The Hall–Kier alpha value is -1.50. The molecule has 2 aromatic rings. The summed E-state index contributed by atoms with van der Waals surface area (Å²) in [5.74, 6) is 1.82. The van der Waals surface area contributed by atoms with E-state index in [1.54, 1.807) is 0 Å². The van der Waals surface area contributed by atoms with Crippen molar-refractivity contribution in [1.82, 2.24) is 24.1 Å². The van der Waals surface area contributed by atoms with Crippen molar-refractivity contribution in [2.24, 2.45) is 0 Å². The number of benzene rings is 1. The maximum absolute atomic E-state index is 5.73. The highest BCUT2D eigenvalue weighted by Crippen LogP contribution is 2.39. The average molecular weight is 358 g/mol. The van der Waals surface area contributed by atoms with Gasteiger partial charge in [-0.15, -0.1) is 0 Å². The van der Waals surface area contributed by atoms with Crippen molar-refractivity contribution < 1.29 is 0 Å². The molecule has 2 aliphatic rings. The predicted molar refractivity (Wildman–Crippen MR) is 102 cm³/mol. The number of hydrogen-bond acceptors (Lipinski definition) is 4. The molecule has 2 fully saturated rings. The molecule has 1 aliphatic carbocycles. The minimum Gasteiger partial charge on any atom is -0.304 e. The van der Waals surface area contributed by atoms with E-state index in [9.17, 15) is 0 Å². The van der Waals surface area contributed by atoms with Gasteiger partial charge in [-0.1, -0.05) is 30.3 Å². The predicted octanol–water partition coefficient (Wildman–Crippen LogP) is 3.26. The molecule has 25 heavy (non-hydrogen) atoms. The van der Waals surface area contributed by atoms with Gasteiger partial charge < -0.3 is 9.47 Å². The van der Waals surface area contributed by atoms with E-state index in [0.29, 0.717) is 12.0 Å². The van der Waals surface area contributed by atoms with E-state index >= 15 is 0 Å². The van der Waals surface area contributed by atoms with E-state index < -0.39 is 0 Å². The van der Waals surface area contributed by atoms with Crippen LogP contribution in [-0.2, 0) is 13.2 Å². The van der Waals surface area contributed by atoms with Crippen LogP contribution in [0.5, 0.6) is 0 Å². The van der Waals surface area contributed by atoms with Gasteiger partial charge in [0.05, 0.1) is 6.67 Å². The lowest BCUT2D eigenvalue weighted by Gasteiger charge is -2.40. The summed E-state index contributed by atoms with van der Waals surface area (Å²) in [7, 11) is 2.20. The van der Waals surface area contributed by atoms with E-state index in [0.717, 1.165) is 37.6 Å². The van der Waals surface area contributed by atoms with Gasteiger partial charge in [0.15, 0.2) is 4.77 Å². The largest absolute Gasteiger partial charge is 0.304 e. The Morgan fingerprint density at radius 2 is 1.92 bits per heavy atom. The summed E-state index contributed by atoms with van der Waals surface area (Å²) in [5.41, 5.74) is 1.37. The third kappa shape index (κ3) is 3.43. The van der Waals surface area contributed by atoms with E-state index in [2.05, 4.69) is 58.7 Å². The molecule has 1 saturated heterocycles. The normalized spacial score (nSPS) is 22.4. The van der Waals surface area contributed by atoms with Gasteiger partial charge in [0.1, 0.15) is 5.82 Å². The second kappa shape index (κ2) is 7.02. The van der Waals surface area contributed by atoms with Gasteiger partial charge in [-0.25, -0.2) is 4.68 Å². The summed E-state index contributed by atoms with van der Waals surface area (Å²) in [6.07, 6.45) is 2.51. The average Bonchev–Trinajstić information content (AvgIpc) is 3.43. The maximum Gasteiger partial charge on any atom is 0.199 e. The molecule has 5 nitrogen and oxygen atoms in total. The highest BCUT2D eigenvalue weighted by molar-refractivity contribution is 7.71. The fraction of sp³-hybridized carbons (Fsp3) is 0.579. The lowest BCUT2D eigenvalue weighted by Crippen LogP contribution is -2.47. The number of piperazine rings is 1. The SMILES string of the molecule is CCn1c(C2CC2)nn(CN2CCN(C)CC2c2ccccc2)c1=S. The minimum absolute atomic E-state index is 0.387. The molecule has 1 aliphatic heterocycles. The second-order valence-electron chi connectivity index (χ2n) is 7.30. The van der Waals surface area contributed by atoms with Crippen molar-refractivity contribution in [3.63, 3.8) is 0 Å². The monoisotopic (exact) mass is 357 g/mol. The smallest absolute Gasteiger partial charge is 0.199 e. The van der Waals surface area contributed by atoms with Crippen molar-refractivity contribution >= 4 is 12.2 Å². The van der Waals surface area contributed by atoms with E-state index in [4.69, 9.17) is 17.3 Å². The molecule has 134 valence electrons. The van der Waals surface area contributed by atoms with Crippen LogP contribution in [0.2, 0.25) is 0 Å². The van der Waals surface area contributed by atoms with Gasteiger partial charge in [-0.05, 0) is 44.6 Å². The fourth-order valence-corrected chi connectivity index (χ4v) is 4.10. The first-order chi connectivity index (χ1) is 12.2. The van der Waals surface area contributed by atoms with Crippen molar-refractivity contribution in [1.29, 1.82) is 0 Å². The summed E-state index contributed by atoms with van der Waals surface area (Å²) in [6.45, 7) is 7.02. The third-order valence-electron chi connectivity index (χ3n) is 5.40. The lowest BCUT2D eigenvalue weighted by atomic mass is 10.0. The van der Waals surface area contributed by atoms with Gasteiger partial charge in [0.2, 0.25) is 0 Å². The van der Waals surface area contributed by atoms with Crippen LogP contribution in [0.15, 0.2) is 30.3 Å². The van der Waals surface area contributed by atoms with Crippen LogP contribution in [0.1, 0.15) is 43.1 Å². The summed E-state index contributed by atoms with van der Waals surface area (Å²) >= 11 is 5.73. The first-order valence-electron chi connectivity index (χ1n) is 9.32. The Morgan fingerprint density at radius 3 is 2.60 bits per heavy atom. The Balaban J connectivity index is 1.61. The summed E-state index contributed by atoms with van der Waals surface area (Å²) < 4.78 is 5.14. The number of aromatic nitrogens is 3. The van der Waals surface area contributed by atoms with E-state index in [1.807, 2.05) is 4.68 Å². The molecule has 1 unspecified atom stereocenters. The van der Waals surface area contributed by atoms with Crippen LogP contribution >= 0.6 is 12.2 Å². The Bertz CT molecular complexity index is 777. The van der Waals surface area contributed by atoms with E-state index in [-0.39, 0.29) is 0 Å². The molecule has 4 rings (SSSR count). The molecular weight excluding hydrogens is 330 g/mol. The Labute approximate surface area is 154 Å². The molecular formula is C19H27N5S. The van der Waals surface area contributed by atoms with Crippen LogP contribution in [-0.4, -0.2) is 50.8 Å². The Morgan fingerprint density at radius 1 is 1.16 bits per heavy atom. The highest BCUT2D eigenvalue weighted by atomic mass is 32.1. The van der Waals surface area contributed by atoms with Gasteiger partial charge in [0.25, 0.3) is 0 Å². The van der Waals surface area contributed by atoms with Gasteiger partial charge >= 0.3 is 0 Å². The number of nitrogens with zero attached hydrogens (tertiary/aromatic N) is 5. The van der Waals surface area contributed by atoms with Crippen LogP contribution in [0.3, 0.4) is 0 Å². The topological polar surface area (TPSA) is 29.2 Å². The van der Waals surface area contributed by atoms with Gasteiger partial charge in [0, 0.05) is 38.1 Å². The second-order valence-corrected chi connectivity index (χ2v) is 7.67. The zero-order valence-corrected chi connectivity index (χ0v) is 16.0. The molecule has 1 aromatic heterocycles. The van der Waals surface area contributed by atoms with Crippen LogP contribution in [0.4, 0.5) is 0 Å². The minimum atomic E-state index is 0.387. The maximum atomic E-state index is 5.73. The fourth-order valence-electron chi connectivity index (χ4n) is 3.78. The number of hydrogen-bond donors (Lipinski definition) is 0. The van der Waals surface area contributed by atoms with Gasteiger partial charge in [-0.2, -0.15) is 5.10 Å². The molecule has 0 radical (unpaired) electrons.